The van der Waals surface area contributed by atoms with Crippen molar-refractivity contribution in [1.82, 2.24) is 10.3 Å². The lowest BCUT2D eigenvalue weighted by Crippen LogP contribution is -2.34. The number of nitrogens with zero attached hydrogens (tertiary/aromatic N) is 1. The molecule has 0 aliphatic carbocycles. The van der Waals surface area contributed by atoms with Crippen LogP contribution >= 0.6 is 11.3 Å². The number of aromatic nitrogens is 1. The first kappa shape index (κ1) is 19.6. The summed E-state index contributed by atoms with van der Waals surface area (Å²) in [5.74, 6) is -0.300. The van der Waals surface area contributed by atoms with Gasteiger partial charge >= 0.3 is 0 Å². The molecule has 1 atom stereocenters. The Balaban J connectivity index is 1.37. The van der Waals surface area contributed by atoms with E-state index in [1.807, 2.05) is 12.1 Å². The highest BCUT2D eigenvalue weighted by molar-refractivity contribution is 7.14. The van der Waals surface area contributed by atoms with Gasteiger partial charge < -0.3 is 20.7 Å². The third-order valence-corrected chi connectivity index (χ3v) is 5.16. The van der Waals surface area contributed by atoms with Gasteiger partial charge in [-0.2, -0.15) is 0 Å². The molecule has 1 unspecified atom stereocenters. The van der Waals surface area contributed by atoms with Crippen molar-refractivity contribution < 1.29 is 19.1 Å². The summed E-state index contributed by atoms with van der Waals surface area (Å²) in [5.41, 5.74) is 2.50. The van der Waals surface area contributed by atoms with Crippen molar-refractivity contribution in [3.63, 3.8) is 0 Å². The van der Waals surface area contributed by atoms with E-state index in [9.17, 15) is 14.4 Å². The van der Waals surface area contributed by atoms with E-state index in [0.29, 0.717) is 27.8 Å². The second-order valence-electron chi connectivity index (χ2n) is 6.60. The van der Waals surface area contributed by atoms with Crippen LogP contribution in [-0.2, 0) is 9.59 Å². The van der Waals surface area contributed by atoms with Gasteiger partial charge in [0.15, 0.2) is 11.2 Å². The number of hydrogen-bond acceptors (Lipinski definition) is 6. The van der Waals surface area contributed by atoms with E-state index in [1.54, 1.807) is 48.7 Å². The summed E-state index contributed by atoms with van der Waals surface area (Å²) < 4.78 is 5.55. The van der Waals surface area contributed by atoms with Crippen LogP contribution in [0.3, 0.4) is 0 Å². The summed E-state index contributed by atoms with van der Waals surface area (Å²) in [6.07, 6.45) is -0.535. The molecule has 2 aromatic carbocycles. The van der Waals surface area contributed by atoms with Gasteiger partial charge in [-0.1, -0.05) is 18.2 Å². The summed E-state index contributed by atoms with van der Waals surface area (Å²) in [6, 6.07) is 14.1. The SMILES string of the molecule is CC1Oc2ccc(-c3csc(NC(=O)CNC(=O)c4ccccc4)n3)cc2NC1=O. The van der Waals surface area contributed by atoms with E-state index in [4.69, 9.17) is 4.74 Å². The maximum Gasteiger partial charge on any atom is 0.265 e. The second-order valence-corrected chi connectivity index (χ2v) is 7.45. The van der Waals surface area contributed by atoms with E-state index < -0.39 is 6.10 Å². The zero-order valence-corrected chi connectivity index (χ0v) is 16.8. The van der Waals surface area contributed by atoms with Crippen molar-refractivity contribution in [2.45, 2.75) is 13.0 Å². The van der Waals surface area contributed by atoms with Crippen molar-refractivity contribution in [2.24, 2.45) is 0 Å². The monoisotopic (exact) mass is 422 g/mol. The molecule has 0 radical (unpaired) electrons. The number of carbonyl (C=O) groups is 3. The number of rotatable bonds is 5. The molecule has 0 fully saturated rings. The Morgan fingerprint density at radius 1 is 1.20 bits per heavy atom. The lowest BCUT2D eigenvalue weighted by molar-refractivity contribution is -0.122. The van der Waals surface area contributed by atoms with Gasteiger partial charge in [0.25, 0.3) is 11.8 Å². The van der Waals surface area contributed by atoms with Crippen LogP contribution in [0, 0.1) is 0 Å². The van der Waals surface area contributed by atoms with Gasteiger partial charge in [-0.05, 0) is 37.3 Å². The smallest absolute Gasteiger partial charge is 0.265 e. The molecule has 8 nitrogen and oxygen atoms in total. The zero-order chi connectivity index (χ0) is 21.1. The standard InChI is InChI=1S/C21H18N4O4S/c1-12-19(27)23-15-9-14(7-8-17(15)29-12)16-11-30-21(24-16)25-18(26)10-22-20(28)13-5-3-2-4-6-13/h2-9,11-12H,10H2,1H3,(H,22,28)(H,23,27)(H,24,25,26). The molecule has 0 saturated carbocycles. The van der Waals surface area contributed by atoms with Gasteiger partial charge in [0.1, 0.15) is 5.75 Å². The Bertz CT molecular complexity index is 1110. The molecule has 3 aromatic rings. The van der Waals surface area contributed by atoms with Crippen molar-refractivity contribution in [3.8, 4) is 17.0 Å². The summed E-state index contributed by atoms with van der Waals surface area (Å²) >= 11 is 1.27. The van der Waals surface area contributed by atoms with Crippen LogP contribution in [0.1, 0.15) is 17.3 Å². The Morgan fingerprint density at radius 3 is 2.80 bits per heavy atom. The summed E-state index contributed by atoms with van der Waals surface area (Å²) in [5, 5.41) is 10.3. The minimum absolute atomic E-state index is 0.164. The molecule has 9 heteroatoms. The van der Waals surface area contributed by atoms with Crippen molar-refractivity contribution in [3.05, 3.63) is 59.5 Å². The third kappa shape index (κ3) is 4.31. The van der Waals surface area contributed by atoms with Crippen molar-refractivity contribution in [1.29, 1.82) is 0 Å². The van der Waals surface area contributed by atoms with E-state index in [1.165, 1.54) is 11.3 Å². The van der Waals surface area contributed by atoms with Gasteiger partial charge in [-0.25, -0.2) is 4.98 Å². The third-order valence-electron chi connectivity index (χ3n) is 4.40. The molecule has 0 saturated heterocycles. The first-order chi connectivity index (χ1) is 14.5. The molecule has 1 aliphatic rings. The van der Waals surface area contributed by atoms with E-state index in [2.05, 4.69) is 20.9 Å². The molecule has 1 aromatic heterocycles. The van der Waals surface area contributed by atoms with Gasteiger partial charge in [-0.15, -0.1) is 11.3 Å². The van der Waals surface area contributed by atoms with Crippen LogP contribution in [0.2, 0.25) is 0 Å². The molecule has 0 spiro atoms. The fraction of sp³-hybridized carbons (Fsp3) is 0.143. The minimum Gasteiger partial charge on any atom is -0.479 e. The molecular weight excluding hydrogens is 404 g/mol. The quantitative estimate of drug-likeness (QED) is 0.586. The van der Waals surface area contributed by atoms with Crippen molar-refractivity contribution >= 4 is 39.9 Å². The number of ether oxygens (including phenoxy) is 1. The van der Waals surface area contributed by atoms with Crippen LogP contribution in [0.5, 0.6) is 5.75 Å². The van der Waals surface area contributed by atoms with Crippen LogP contribution in [0.25, 0.3) is 11.3 Å². The Hall–Kier alpha value is -3.72. The molecule has 3 amide bonds. The molecule has 152 valence electrons. The summed E-state index contributed by atoms with van der Waals surface area (Å²) in [4.78, 5) is 40.3. The first-order valence-corrected chi connectivity index (χ1v) is 10.1. The fourth-order valence-electron chi connectivity index (χ4n) is 2.85. The number of benzene rings is 2. The van der Waals surface area contributed by atoms with E-state index in [-0.39, 0.29) is 24.3 Å². The molecule has 2 heterocycles. The minimum atomic E-state index is -0.535. The number of carbonyl (C=O) groups excluding carboxylic acids is 3. The highest BCUT2D eigenvalue weighted by Gasteiger charge is 2.24. The average molecular weight is 422 g/mol. The van der Waals surface area contributed by atoms with Crippen LogP contribution in [0.15, 0.2) is 53.9 Å². The largest absolute Gasteiger partial charge is 0.479 e. The number of fused-ring (bicyclic) bond motifs is 1. The van der Waals surface area contributed by atoms with Crippen molar-refractivity contribution in [2.75, 3.05) is 17.2 Å². The maximum absolute atomic E-state index is 12.1. The zero-order valence-electron chi connectivity index (χ0n) is 16.0. The number of nitrogens with one attached hydrogen (secondary N) is 3. The summed E-state index contributed by atoms with van der Waals surface area (Å²) in [6.45, 7) is 1.52. The van der Waals surface area contributed by atoms with E-state index >= 15 is 0 Å². The highest BCUT2D eigenvalue weighted by atomic mass is 32.1. The molecule has 4 rings (SSSR count). The van der Waals surface area contributed by atoms with Gasteiger partial charge in [0.05, 0.1) is 17.9 Å². The summed E-state index contributed by atoms with van der Waals surface area (Å²) in [7, 11) is 0. The first-order valence-electron chi connectivity index (χ1n) is 9.20. The fourth-order valence-corrected chi connectivity index (χ4v) is 3.58. The van der Waals surface area contributed by atoms with Gasteiger partial charge in [-0.3, -0.25) is 14.4 Å². The topological polar surface area (TPSA) is 109 Å². The predicted molar refractivity (Wildman–Crippen MR) is 114 cm³/mol. The number of hydrogen-bond donors (Lipinski definition) is 3. The number of anilines is 2. The molecule has 1 aliphatic heterocycles. The Morgan fingerprint density at radius 2 is 2.00 bits per heavy atom. The van der Waals surface area contributed by atoms with Crippen LogP contribution in [0.4, 0.5) is 10.8 Å². The predicted octanol–water partition coefficient (Wildman–Crippen LogP) is 2.90. The molecule has 30 heavy (non-hydrogen) atoms. The van der Waals surface area contributed by atoms with Crippen LogP contribution < -0.4 is 20.7 Å². The lowest BCUT2D eigenvalue weighted by Gasteiger charge is -2.23. The highest BCUT2D eigenvalue weighted by Crippen LogP contribution is 2.34. The van der Waals surface area contributed by atoms with Gasteiger partial charge in [0, 0.05) is 16.5 Å². The maximum atomic E-state index is 12.1. The van der Waals surface area contributed by atoms with Gasteiger partial charge in [0.2, 0.25) is 5.91 Å². The lowest BCUT2D eigenvalue weighted by atomic mass is 10.1. The second kappa shape index (κ2) is 8.34. The number of amides is 3. The molecule has 3 N–H and O–H groups in total. The van der Waals surface area contributed by atoms with E-state index in [0.717, 1.165) is 5.56 Å². The Labute approximate surface area is 176 Å². The Kier molecular flexibility index (Phi) is 5.44. The normalized spacial score (nSPS) is 14.8. The molecule has 0 bridgehead atoms. The molecular formula is C21H18N4O4S. The van der Waals surface area contributed by atoms with Crippen LogP contribution in [-0.4, -0.2) is 35.4 Å². The average Bonchev–Trinajstić information content (AvgIpc) is 3.21. The number of thiazole rings is 1.